The summed E-state index contributed by atoms with van der Waals surface area (Å²) in [5.41, 5.74) is 2.47. The summed E-state index contributed by atoms with van der Waals surface area (Å²) < 4.78 is 2.11. The Morgan fingerprint density at radius 1 is 1.17 bits per heavy atom. The van der Waals surface area contributed by atoms with Gasteiger partial charge in [0, 0.05) is 31.2 Å². The number of para-hydroxylation sites is 1. The SMILES string of the molecule is CC1CCN(C(=O)c2cn3c4c(cccc4c2=O)CCC3)CC1. The molecule has 1 aromatic carbocycles. The molecule has 0 N–H and O–H groups in total. The number of benzene rings is 1. The van der Waals surface area contributed by atoms with Gasteiger partial charge in [-0.3, -0.25) is 9.59 Å². The number of piperidine rings is 1. The number of carbonyl (C=O) groups excluding carboxylic acids is 1. The van der Waals surface area contributed by atoms with Crippen LogP contribution in [0.2, 0.25) is 0 Å². The molecule has 0 saturated carbocycles. The number of carbonyl (C=O) groups is 1. The van der Waals surface area contributed by atoms with Crippen LogP contribution in [0.25, 0.3) is 10.9 Å². The lowest BCUT2D eigenvalue weighted by Gasteiger charge is -2.30. The molecule has 0 aliphatic carbocycles. The molecular formula is C19H22N2O2. The topological polar surface area (TPSA) is 42.3 Å². The Labute approximate surface area is 135 Å². The van der Waals surface area contributed by atoms with Crippen LogP contribution in [-0.4, -0.2) is 28.5 Å². The first-order valence-electron chi connectivity index (χ1n) is 8.59. The van der Waals surface area contributed by atoms with Crippen LogP contribution in [0, 0.1) is 5.92 Å². The zero-order valence-electron chi connectivity index (χ0n) is 13.5. The van der Waals surface area contributed by atoms with Crippen molar-refractivity contribution in [3.63, 3.8) is 0 Å². The van der Waals surface area contributed by atoms with Crippen molar-refractivity contribution in [2.75, 3.05) is 13.1 Å². The fourth-order valence-corrected chi connectivity index (χ4v) is 3.89. The van der Waals surface area contributed by atoms with Crippen molar-refractivity contribution < 1.29 is 4.79 Å². The summed E-state index contributed by atoms with van der Waals surface area (Å²) in [6.07, 6.45) is 5.92. The van der Waals surface area contributed by atoms with E-state index >= 15 is 0 Å². The minimum atomic E-state index is -0.108. The van der Waals surface area contributed by atoms with Crippen LogP contribution in [0.4, 0.5) is 0 Å². The second kappa shape index (κ2) is 5.52. The van der Waals surface area contributed by atoms with Crippen molar-refractivity contribution in [2.45, 2.75) is 39.2 Å². The van der Waals surface area contributed by atoms with E-state index in [0.29, 0.717) is 16.9 Å². The Morgan fingerprint density at radius 3 is 2.74 bits per heavy atom. The molecule has 23 heavy (non-hydrogen) atoms. The van der Waals surface area contributed by atoms with E-state index in [1.54, 1.807) is 6.20 Å². The second-order valence-corrected chi connectivity index (χ2v) is 6.96. The van der Waals surface area contributed by atoms with Crippen LogP contribution in [0.1, 0.15) is 42.1 Å². The lowest BCUT2D eigenvalue weighted by Crippen LogP contribution is -2.40. The molecule has 4 rings (SSSR count). The molecule has 120 valence electrons. The van der Waals surface area contributed by atoms with E-state index in [4.69, 9.17) is 0 Å². The molecule has 0 unspecified atom stereocenters. The van der Waals surface area contributed by atoms with Gasteiger partial charge >= 0.3 is 0 Å². The van der Waals surface area contributed by atoms with Gasteiger partial charge in [-0.25, -0.2) is 0 Å². The molecular weight excluding hydrogens is 288 g/mol. The summed E-state index contributed by atoms with van der Waals surface area (Å²) in [6, 6.07) is 5.88. The molecule has 0 spiro atoms. The maximum Gasteiger partial charge on any atom is 0.259 e. The molecule has 1 aromatic heterocycles. The Kier molecular flexibility index (Phi) is 3.47. The van der Waals surface area contributed by atoms with Gasteiger partial charge in [0.1, 0.15) is 5.56 Å². The van der Waals surface area contributed by atoms with E-state index in [9.17, 15) is 9.59 Å². The van der Waals surface area contributed by atoms with E-state index in [1.165, 1.54) is 5.56 Å². The van der Waals surface area contributed by atoms with Crippen LogP contribution in [0.5, 0.6) is 0 Å². The third-order valence-electron chi connectivity index (χ3n) is 5.33. The highest BCUT2D eigenvalue weighted by Gasteiger charge is 2.25. The number of rotatable bonds is 1. The van der Waals surface area contributed by atoms with E-state index in [1.807, 2.05) is 17.0 Å². The molecule has 1 saturated heterocycles. The molecule has 4 nitrogen and oxygen atoms in total. The Balaban J connectivity index is 1.81. The lowest BCUT2D eigenvalue weighted by atomic mass is 9.97. The van der Waals surface area contributed by atoms with Crippen molar-refractivity contribution in [1.82, 2.24) is 9.47 Å². The third-order valence-corrected chi connectivity index (χ3v) is 5.33. The molecule has 0 bridgehead atoms. The van der Waals surface area contributed by atoms with Gasteiger partial charge in [0.2, 0.25) is 5.43 Å². The van der Waals surface area contributed by atoms with E-state index < -0.39 is 0 Å². The van der Waals surface area contributed by atoms with Crippen LogP contribution in [-0.2, 0) is 13.0 Å². The highest BCUT2D eigenvalue weighted by atomic mass is 16.2. The van der Waals surface area contributed by atoms with Gasteiger partial charge in [0.25, 0.3) is 5.91 Å². The molecule has 2 aliphatic rings. The number of pyridine rings is 1. The Bertz CT molecular complexity index is 829. The zero-order chi connectivity index (χ0) is 16.0. The van der Waals surface area contributed by atoms with Crippen molar-refractivity contribution in [1.29, 1.82) is 0 Å². The van der Waals surface area contributed by atoms with Crippen molar-refractivity contribution >= 4 is 16.8 Å². The summed E-state index contributed by atoms with van der Waals surface area (Å²) in [5.74, 6) is 0.573. The number of hydrogen-bond acceptors (Lipinski definition) is 2. The van der Waals surface area contributed by atoms with Gasteiger partial charge in [-0.15, -0.1) is 0 Å². The third kappa shape index (κ3) is 2.37. The van der Waals surface area contributed by atoms with Crippen LogP contribution in [0.15, 0.2) is 29.2 Å². The van der Waals surface area contributed by atoms with Gasteiger partial charge in [-0.1, -0.05) is 19.1 Å². The van der Waals surface area contributed by atoms with Crippen molar-refractivity contribution in [3.8, 4) is 0 Å². The molecule has 2 aliphatic heterocycles. The number of aromatic nitrogens is 1. The quantitative estimate of drug-likeness (QED) is 0.813. The molecule has 3 heterocycles. The number of amides is 1. The summed E-state index contributed by atoms with van der Waals surface area (Å²) in [4.78, 5) is 27.6. The van der Waals surface area contributed by atoms with Gasteiger partial charge in [-0.05, 0) is 43.2 Å². The maximum absolute atomic E-state index is 12.9. The van der Waals surface area contributed by atoms with Gasteiger partial charge in [0.15, 0.2) is 0 Å². The fraction of sp³-hybridized carbons (Fsp3) is 0.474. The number of aryl methyl sites for hydroxylation is 2. The van der Waals surface area contributed by atoms with Gasteiger partial charge in [0.05, 0.1) is 5.52 Å². The predicted molar refractivity (Wildman–Crippen MR) is 90.8 cm³/mol. The summed E-state index contributed by atoms with van der Waals surface area (Å²) in [7, 11) is 0. The largest absolute Gasteiger partial charge is 0.346 e. The van der Waals surface area contributed by atoms with E-state index in [-0.39, 0.29) is 11.3 Å². The molecule has 0 radical (unpaired) electrons. The summed E-state index contributed by atoms with van der Waals surface area (Å²) in [5, 5.41) is 0.693. The first kappa shape index (κ1) is 14.5. The van der Waals surface area contributed by atoms with Gasteiger partial charge in [-0.2, -0.15) is 0 Å². The smallest absolute Gasteiger partial charge is 0.259 e. The molecule has 2 aromatic rings. The highest BCUT2D eigenvalue weighted by molar-refractivity contribution is 5.98. The van der Waals surface area contributed by atoms with Gasteiger partial charge < -0.3 is 9.47 Å². The lowest BCUT2D eigenvalue weighted by molar-refractivity contribution is 0.0695. The maximum atomic E-state index is 12.9. The van der Waals surface area contributed by atoms with Crippen molar-refractivity contribution in [3.05, 3.63) is 45.7 Å². The highest BCUT2D eigenvalue weighted by Crippen LogP contribution is 2.24. The minimum absolute atomic E-state index is 0.0940. The second-order valence-electron chi connectivity index (χ2n) is 6.96. The molecule has 1 fully saturated rings. The first-order valence-corrected chi connectivity index (χ1v) is 8.59. The average Bonchev–Trinajstić information content (AvgIpc) is 2.58. The standard InChI is InChI=1S/C19H22N2O2/c1-13-7-10-20(11-8-13)19(23)16-12-21-9-3-5-14-4-2-6-15(17(14)21)18(16)22/h2,4,6,12-13H,3,5,7-11H2,1H3. The Hall–Kier alpha value is -2.10. The van der Waals surface area contributed by atoms with E-state index in [0.717, 1.165) is 50.8 Å². The summed E-state index contributed by atoms with van der Waals surface area (Å²) >= 11 is 0. The minimum Gasteiger partial charge on any atom is -0.346 e. The molecule has 0 atom stereocenters. The average molecular weight is 310 g/mol. The van der Waals surface area contributed by atoms with E-state index in [2.05, 4.69) is 17.6 Å². The monoisotopic (exact) mass is 310 g/mol. The Morgan fingerprint density at radius 2 is 1.96 bits per heavy atom. The zero-order valence-corrected chi connectivity index (χ0v) is 13.5. The normalized spacial score (nSPS) is 18.4. The number of nitrogens with zero attached hydrogens (tertiary/aromatic N) is 2. The number of hydrogen-bond donors (Lipinski definition) is 0. The van der Waals surface area contributed by atoms with Crippen LogP contribution in [0.3, 0.4) is 0 Å². The van der Waals surface area contributed by atoms with Crippen LogP contribution >= 0.6 is 0 Å². The fourth-order valence-electron chi connectivity index (χ4n) is 3.89. The van der Waals surface area contributed by atoms with Crippen molar-refractivity contribution in [2.24, 2.45) is 5.92 Å². The molecule has 1 amide bonds. The molecule has 4 heteroatoms. The first-order chi connectivity index (χ1) is 11.1. The van der Waals surface area contributed by atoms with Crippen LogP contribution < -0.4 is 5.43 Å². The predicted octanol–water partition coefficient (Wildman–Crippen LogP) is 2.82. The summed E-state index contributed by atoms with van der Waals surface area (Å²) in [6.45, 7) is 4.62. The number of likely N-dealkylation sites (tertiary alicyclic amines) is 1.